The molecule has 0 amide bonds. The third-order valence-corrected chi connectivity index (χ3v) is 3.71. The number of nitrogens with one attached hydrogen (secondary N) is 1. The van der Waals surface area contributed by atoms with E-state index in [2.05, 4.69) is 33.6 Å². The summed E-state index contributed by atoms with van der Waals surface area (Å²) in [5.74, 6) is 0. The van der Waals surface area contributed by atoms with Gasteiger partial charge in [-0.3, -0.25) is 0 Å². The number of aromatic nitrogens is 3. The van der Waals surface area contributed by atoms with Crippen LogP contribution in [0.4, 0.5) is 0 Å². The molecule has 0 radical (unpaired) electrons. The van der Waals surface area contributed by atoms with Crippen LogP contribution in [0.3, 0.4) is 0 Å². The largest absolute Gasteiger partial charge is 0.312 e. The first kappa shape index (κ1) is 10.7. The molecule has 1 aliphatic heterocycles. The molecule has 1 aliphatic rings. The molecule has 0 spiro atoms. The van der Waals surface area contributed by atoms with E-state index in [0.717, 1.165) is 30.7 Å². The van der Waals surface area contributed by atoms with Crippen LogP contribution in [0.5, 0.6) is 0 Å². The van der Waals surface area contributed by atoms with Crippen molar-refractivity contribution < 1.29 is 0 Å². The lowest BCUT2D eigenvalue weighted by Gasteiger charge is -2.19. The van der Waals surface area contributed by atoms with Crippen molar-refractivity contribution >= 4 is 5.65 Å². The van der Waals surface area contributed by atoms with Gasteiger partial charge in [-0.2, -0.15) is 5.10 Å². The minimum Gasteiger partial charge on any atom is -0.312 e. The van der Waals surface area contributed by atoms with E-state index in [1.165, 1.54) is 16.7 Å². The average Bonchev–Trinajstić information content (AvgIpc) is 2.90. The molecular weight excluding hydrogens is 236 g/mol. The Kier molecular flexibility index (Phi) is 2.35. The summed E-state index contributed by atoms with van der Waals surface area (Å²) in [4.78, 5) is 4.45. The normalized spacial score (nSPS) is 14.5. The molecule has 94 valence electrons. The van der Waals surface area contributed by atoms with Gasteiger partial charge in [0.05, 0.1) is 6.20 Å². The average molecular weight is 250 g/mol. The van der Waals surface area contributed by atoms with Gasteiger partial charge in [-0.15, -0.1) is 0 Å². The number of rotatable bonds is 1. The molecule has 19 heavy (non-hydrogen) atoms. The third kappa shape index (κ3) is 1.64. The summed E-state index contributed by atoms with van der Waals surface area (Å²) in [6, 6.07) is 8.39. The molecule has 4 heteroatoms. The van der Waals surface area contributed by atoms with Crippen molar-refractivity contribution in [2.24, 2.45) is 0 Å². The Morgan fingerprint density at radius 1 is 1.16 bits per heavy atom. The number of hydrogen-bond acceptors (Lipinski definition) is 3. The molecule has 2 aromatic heterocycles. The van der Waals surface area contributed by atoms with E-state index in [-0.39, 0.29) is 0 Å². The summed E-state index contributed by atoms with van der Waals surface area (Å²) in [7, 11) is 0. The van der Waals surface area contributed by atoms with Crippen LogP contribution in [0.25, 0.3) is 16.8 Å². The highest BCUT2D eigenvalue weighted by molar-refractivity contribution is 5.80. The molecule has 0 aliphatic carbocycles. The maximum Gasteiger partial charge on any atom is 0.162 e. The maximum atomic E-state index is 4.45. The van der Waals surface area contributed by atoms with Crippen LogP contribution in [-0.2, 0) is 13.0 Å². The number of nitrogens with zero attached hydrogens (tertiary/aromatic N) is 3. The quantitative estimate of drug-likeness (QED) is 0.718. The summed E-state index contributed by atoms with van der Waals surface area (Å²) in [5.41, 5.74) is 6.14. The summed E-state index contributed by atoms with van der Waals surface area (Å²) >= 11 is 0. The summed E-state index contributed by atoms with van der Waals surface area (Å²) in [6.45, 7) is 1.99. The van der Waals surface area contributed by atoms with Gasteiger partial charge in [0.1, 0.15) is 0 Å². The Morgan fingerprint density at radius 2 is 2.16 bits per heavy atom. The summed E-state index contributed by atoms with van der Waals surface area (Å²) in [6.07, 6.45) is 6.73. The van der Waals surface area contributed by atoms with Crippen molar-refractivity contribution in [2.75, 3.05) is 6.54 Å². The lowest BCUT2D eigenvalue weighted by Crippen LogP contribution is -2.24. The van der Waals surface area contributed by atoms with Gasteiger partial charge in [0.25, 0.3) is 0 Å². The third-order valence-electron chi connectivity index (χ3n) is 3.71. The first-order chi connectivity index (χ1) is 9.43. The maximum absolute atomic E-state index is 4.45. The van der Waals surface area contributed by atoms with Crippen molar-refractivity contribution in [3.63, 3.8) is 0 Å². The second-order valence-corrected chi connectivity index (χ2v) is 4.82. The molecule has 4 rings (SSSR count). The van der Waals surface area contributed by atoms with E-state index in [1.54, 1.807) is 0 Å². The second kappa shape index (κ2) is 4.17. The highest BCUT2D eigenvalue weighted by atomic mass is 15.2. The summed E-state index contributed by atoms with van der Waals surface area (Å²) in [5, 5.41) is 7.80. The van der Waals surface area contributed by atoms with E-state index < -0.39 is 0 Å². The van der Waals surface area contributed by atoms with Gasteiger partial charge in [-0.1, -0.05) is 18.2 Å². The van der Waals surface area contributed by atoms with Crippen molar-refractivity contribution in [1.29, 1.82) is 0 Å². The second-order valence-electron chi connectivity index (χ2n) is 4.82. The molecule has 1 N–H and O–H groups in total. The minimum atomic E-state index is 0.925. The lowest BCUT2D eigenvalue weighted by atomic mass is 9.92. The predicted octanol–water partition coefficient (Wildman–Crippen LogP) is 2.04. The van der Waals surface area contributed by atoms with E-state index in [1.807, 2.05) is 29.2 Å². The van der Waals surface area contributed by atoms with Crippen molar-refractivity contribution in [3.05, 3.63) is 54.0 Å². The van der Waals surface area contributed by atoms with Gasteiger partial charge in [-0.25, -0.2) is 9.50 Å². The first-order valence-corrected chi connectivity index (χ1v) is 6.54. The molecule has 0 saturated heterocycles. The number of benzene rings is 1. The van der Waals surface area contributed by atoms with Crippen LogP contribution >= 0.6 is 0 Å². The van der Waals surface area contributed by atoms with Crippen molar-refractivity contribution in [1.82, 2.24) is 19.9 Å². The van der Waals surface area contributed by atoms with Gasteiger partial charge < -0.3 is 5.32 Å². The SMILES string of the molecule is c1cc2c(c(-c3cnn4cccnc34)c1)CCNC2. The molecule has 1 aromatic carbocycles. The van der Waals surface area contributed by atoms with Crippen LogP contribution in [-0.4, -0.2) is 21.1 Å². The molecule has 0 saturated carbocycles. The standard InChI is InChI=1S/C15H14N4/c1-3-11-9-16-7-5-12(11)13(4-1)14-10-18-19-8-2-6-17-15(14)19/h1-4,6,8,10,16H,5,7,9H2. The highest BCUT2D eigenvalue weighted by Gasteiger charge is 2.16. The Balaban J connectivity index is 1.97. The fraction of sp³-hybridized carbons (Fsp3) is 0.200. The number of hydrogen-bond donors (Lipinski definition) is 1. The summed E-state index contributed by atoms with van der Waals surface area (Å²) < 4.78 is 1.83. The Hall–Kier alpha value is -2.20. The van der Waals surface area contributed by atoms with Crippen LogP contribution in [0.15, 0.2) is 42.9 Å². The van der Waals surface area contributed by atoms with Gasteiger partial charge in [0.15, 0.2) is 5.65 Å². The van der Waals surface area contributed by atoms with Crippen LogP contribution in [0.2, 0.25) is 0 Å². The van der Waals surface area contributed by atoms with Gasteiger partial charge in [0, 0.05) is 24.5 Å². The van der Waals surface area contributed by atoms with Crippen molar-refractivity contribution in [2.45, 2.75) is 13.0 Å². The van der Waals surface area contributed by atoms with Crippen LogP contribution in [0, 0.1) is 0 Å². The number of fused-ring (bicyclic) bond motifs is 2. The zero-order valence-corrected chi connectivity index (χ0v) is 10.5. The zero-order chi connectivity index (χ0) is 12.7. The molecule has 0 atom stereocenters. The molecule has 0 fully saturated rings. The molecule has 3 heterocycles. The fourth-order valence-electron chi connectivity index (χ4n) is 2.80. The molecule has 4 nitrogen and oxygen atoms in total. The molecule has 0 unspecified atom stereocenters. The monoisotopic (exact) mass is 250 g/mol. The van der Waals surface area contributed by atoms with E-state index >= 15 is 0 Å². The molecule has 0 bridgehead atoms. The Bertz CT molecular complexity index is 745. The highest BCUT2D eigenvalue weighted by Crippen LogP contribution is 2.30. The van der Waals surface area contributed by atoms with Gasteiger partial charge in [0.2, 0.25) is 0 Å². The topological polar surface area (TPSA) is 42.2 Å². The fourth-order valence-corrected chi connectivity index (χ4v) is 2.80. The Labute approximate surface area is 111 Å². The van der Waals surface area contributed by atoms with Crippen molar-refractivity contribution in [3.8, 4) is 11.1 Å². The zero-order valence-electron chi connectivity index (χ0n) is 10.5. The first-order valence-electron chi connectivity index (χ1n) is 6.54. The van der Waals surface area contributed by atoms with E-state index in [9.17, 15) is 0 Å². The molecule has 3 aromatic rings. The van der Waals surface area contributed by atoms with Crippen LogP contribution in [0.1, 0.15) is 11.1 Å². The van der Waals surface area contributed by atoms with Gasteiger partial charge in [-0.05, 0) is 35.7 Å². The van der Waals surface area contributed by atoms with Crippen LogP contribution < -0.4 is 5.32 Å². The van der Waals surface area contributed by atoms with E-state index in [4.69, 9.17) is 0 Å². The van der Waals surface area contributed by atoms with E-state index in [0.29, 0.717) is 0 Å². The Morgan fingerprint density at radius 3 is 3.16 bits per heavy atom. The van der Waals surface area contributed by atoms with Gasteiger partial charge >= 0.3 is 0 Å². The molecular formula is C15H14N4. The lowest BCUT2D eigenvalue weighted by molar-refractivity contribution is 0.645. The minimum absolute atomic E-state index is 0.925. The predicted molar refractivity (Wildman–Crippen MR) is 73.8 cm³/mol. The smallest absolute Gasteiger partial charge is 0.162 e.